The van der Waals surface area contributed by atoms with E-state index in [1.807, 2.05) is 30.3 Å². The molecule has 0 saturated carbocycles. The number of hydrogen-bond donors (Lipinski definition) is 2. The fourth-order valence-electron chi connectivity index (χ4n) is 3.77. The summed E-state index contributed by atoms with van der Waals surface area (Å²) >= 11 is 0. The molecule has 3 aromatic carbocycles. The van der Waals surface area contributed by atoms with E-state index >= 15 is 0 Å². The van der Waals surface area contributed by atoms with Gasteiger partial charge in [-0.2, -0.15) is 4.80 Å². The number of nitro benzene ring substituents is 1. The quantitative estimate of drug-likeness (QED) is 0.260. The van der Waals surface area contributed by atoms with E-state index in [2.05, 4.69) is 26.3 Å². The van der Waals surface area contributed by atoms with Crippen molar-refractivity contribution in [3.8, 4) is 11.4 Å². The largest absolute Gasteiger partial charge is 0.338 e. The molecule has 2 aromatic heterocycles. The highest BCUT2D eigenvalue weighted by Crippen LogP contribution is 2.21. The summed E-state index contributed by atoms with van der Waals surface area (Å²) < 4.78 is 1.64. The minimum Gasteiger partial charge on any atom is -0.338 e. The number of fused-ring (bicyclic) bond motifs is 1. The van der Waals surface area contributed by atoms with Gasteiger partial charge < -0.3 is 4.57 Å². The highest BCUT2D eigenvalue weighted by Gasteiger charge is 2.12. The fraction of sp³-hybridized carbons (Fsp3) is 0.0800. The van der Waals surface area contributed by atoms with Gasteiger partial charge in [0.1, 0.15) is 6.54 Å². The molecule has 37 heavy (non-hydrogen) atoms. The Labute approximate surface area is 209 Å². The van der Waals surface area contributed by atoms with Gasteiger partial charge in [-0.25, -0.2) is 0 Å². The van der Waals surface area contributed by atoms with Gasteiger partial charge in [0.05, 0.1) is 11.5 Å². The second kappa shape index (κ2) is 10.1. The van der Waals surface area contributed by atoms with Crippen molar-refractivity contribution in [2.24, 2.45) is 0 Å². The summed E-state index contributed by atoms with van der Waals surface area (Å²) in [4.78, 5) is 36.7. The monoisotopic (exact) mass is 496 g/mol. The van der Waals surface area contributed by atoms with Crippen molar-refractivity contribution in [2.75, 3.05) is 0 Å². The zero-order valence-electron chi connectivity index (χ0n) is 19.3. The second-order valence-electron chi connectivity index (χ2n) is 8.15. The molecule has 0 saturated heterocycles. The van der Waals surface area contributed by atoms with Crippen LogP contribution in [0.3, 0.4) is 0 Å². The molecule has 0 aliphatic carbocycles. The fourth-order valence-corrected chi connectivity index (χ4v) is 3.77. The van der Waals surface area contributed by atoms with Crippen molar-refractivity contribution in [2.45, 2.75) is 13.1 Å². The molecule has 0 spiro atoms. The third kappa shape index (κ3) is 5.32. The molecular weight excluding hydrogens is 476 g/mol. The van der Waals surface area contributed by atoms with Crippen LogP contribution in [0.25, 0.3) is 22.3 Å². The highest BCUT2D eigenvalue weighted by molar-refractivity contribution is 5.95. The summed E-state index contributed by atoms with van der Waals surface area (Å²) in [5.41, 5.74) is 7.53. The van der Waals surface area contributed by atoms with Gasteiger partial charge >= 0.3 is 0 Å². The molecule has 0 bridgehead atoms. The molecule has 2 heterocycles. The summed E-state index contributed by atoms with van der Waals surface area (Å²) in [6.07, 6.45) is 1.65. The molecule has 0 fully saturated rings. The zero-order chi connectivity index (χ0) is 25.8. The van der Waals surface area contributed by atoms with Crippen LogP contribution >= 0.6 is 0 Å². The molecule has 0 atom stereocenters. The number of hydrazine groups is 1. The number of nitrogens with zero attached hydrogens (tertiary/aromatic N) is 6. The minimum atomic E-state index is -0.474. The number of tetrazole rings is 1. The van der Waals surface area contributed by atoms with Gasteiger partial charge in [-0.3, -0.25) is 30.6 Å². The van der Waals surface area contributed by atoms with Gasteiger partial charge in [-0.1, -0.05) is 42.5 Å². The Morgan fingerprint density at radius 3 is 2.49 bits per heavy atom. The maximum atomic E-state index is 12.5. The third-order valence-electron chi connectivity index (χ3n) is 5.62. The van der Waals surface area contributed by atoms with Crippen molar-refractivity contribution in [1.82, 2.24) is 35.6 Å². The molecule has 5 rings (SSSR count). The number of carbonyl (C=O) groups is 2. The normalized spacial score (nSPS) is 10.8. The number of non-ortho nitro benzene ring substituents is 1. The van der Waals surface area contributed by atoms with E-state index in [0.717, 1.165) is 11.1 Å². The van der Waals surface area contributed by atoms with E-state index in [-0.39, 0.29) is 12.2 Å². The van der Waals surface area contributed by atoms with Gasteiger partial charge in [0.2, 0.25) is 5.82 Å². The van der Waals surface area contributed by atoms with Gasteiger partial charge in [-0.05, 0) is 35.0 Å². The summed E-state index contributed by atoms with van der Waals surface area (Å²) in [6, 6.07) is 22.4. The van der Waals surface area contributed by atoms with Crippen LogP contribution in [0.4, 0.5) is 5.69 Å². The number of aromatic nitrogens is 5. The lowest BCUT2D eigenvalue weighted by molar-refractivity contribution is -0.384. The number of amides is 2. The lowest BCUT2D eigenvalue weighted by Crippen LogP contribution is -2.43. The molecule has 0 aliphatic rings. The van der Waals surface area contributed by atoms with Crippen LogP contribution in [0.15, 0.2) is 85.1 Å². The number of hydrogen-bond acceptors (Lipinski definition) is 7. The molecule has 12 heteroatoms. The zero-order valence-corrected chi connectivity index (χ0v) is 19.3. The number of rotatable bonds is 7. The molecule has 2 N–H and O–H groups in total. The van der Waals surface area contributed by atoms with Crippen molar-refractivity contribution in [3.63, 3.8) is 0 Å². The van der Waals surface area contributed by atoms with E-state index in [1.165, 1.54) is 16.9 Å². The smallest absolute Gasteiger partial charge is 0.270 e. The maximum Gasteiger partial charge on any atom is 0.270 e. The Bertz CT molecular complexity index is 1590. The first-order valence-electron chi connectivity index (χ1n) is 11.2. The van der Waals surface area contributed by atoms with Crippen molar-refractivity contribution in [1.29, 1.82) is 0 Å². The van der Waals surface area contributed by atoms with E-state index in [0.29, 0.717) is 28.8 Å². The van der Waals surface area contributed by atoms with Crippen molar-refractivity contribution in [3.05, 3.63) is 106 Å². The molecule has 5 aromatic rings. The molecule has 0 radical (unpaired) electrons. The first kappa shape index (κ1) is 23.4. The number of carbonyl (C=O) groups excluding carboxylic acids is 2. The summed E-state index contributed by atoms with van der Waals surface area (Å²) in [5, 5.41) is 24.1. The first-order valence-corrected chi connectivity index (χ1v) is 11.2. The van der Waals surface area contributed by atoms with E-state index in [4.69, 9.17) is 0 Å². The Morgan fingerprint density at radius 2 is 1.73 bits per heavy atom. The molecule has 2 amide bonds. The summed E-state index contributed by atoms with van der Waals surface area (Å²) in [6.45, 7) is 0.308. The van der Waals surface area contributed by atoms with E-state index in [9.17, 15) is 19.7 Å². The standard InChI is InChI=1S/C25H20N8O4/c34-23(16-31-13-12-20-14-21(33(36)37)10-11-22(20)31)26-28-25(35)19-8-6-17(7-9-19)15-32-29-24(27-30-32)18-4-2-1-3-5-18/h1-14H,15-16H2,(H,26,34)(H,28,35). The number of nitrogens with one attached hydrogen (secondary N) is 2. The van der Waals surface area contributed by atoms with Crippen molar-refractivity contribution < 1.29 is 14.5 Å². The second-order valence-corrected chi connectivity index (χ2v) is 8.15. The average Bonchev–Trinajstić information content (AvgIpc) is 3.55. The summed E-state index contributed by atoms with van der Waals surface area (Å²) in [5.74, 6) is -0.396. The van der Waals surface area contributed by atoms with Crippen molar-refractivity contribution >= 4 is 28.4 Å². The lowest BCUT2D eigenvalue weighted by atomic mass is 10.1. The molecule has 0 aliphatic heterocycles. The third-order valence-corrected chi connectivity index (χ3v) is 5.62. The lowest BCUT2D eigenvalue weighted by Gasteiger charge is -2.09. The van der Waals surface area contributed by atoms with Crippen LogP contribution in [0.5, 0.6) is 0 Å². The van der Waals surface area contributed by atoms with Crippen LogP contribution in [-0.4, -0.2) is 41.5 Å². The van der Waals surface area contributed by atoms with Crippen LogP contribution in [0.1, 0.15) is 15.9 Å². The number of nitro groups is 1. The molecule has 184 valence electrons. The molecular formula is C25H20N8O4. The predicted octanol–water partition coefficient (Wildman–Crippen LogP) is 2.71. The van der Waals surface area contributed by atoms with Crippen LogP contribution in [0.2, 0.25) is 0 Å². The Balaban J connectivity index is 1.14. The summed E-state index contributed by atoms with van der Waals surface area (Å²) in [7, 11) is 0. The van der Waals surface area contributed by atoms with Crippen LogP contribution < -0.4 is 10.9 Å². The van der Waals surface area contributed by atoms with Gasteiger partial charge in [0.25, 0.3) is 17.5 Å². The van der Waals surface area contributed by atoms with Crippen LogP contribution in [0, 0.1) is 10.1 Å². The van der Waals surface area contributed by atoms with E-state index < -0.39 is 16.7 Å². The number of benzene rings is 3. The van der Waals surface area contributed by atoms with Crippen LogP contribution in [-0.2, 0) is 17.9 Å². The molecule has 12 nitrogen and oxygen atoms in total. The SMILES string of the molecule is O=C(Cn1ccc2cc([N+](=O)[O-])ccc21)NNC(=O)c1ccc(Cn2nnc(-c3ccccc3)n2)cc1. The Kier molecular flexibility index (Phi) is 6.36. The highest BCUT2D eigenvalue weighted by atomic mass is 16.6. The minimum absolute atomic E-state index is 0.0255. The van der Waals surface area contributed by atoms with Gasteiger partial charge in [-0.15, -0.1) is 10.2 Å². The predicted molar refractivity (Wildman–Crippen MR) is 133 cm³/mol. The van der Waals surface area contributed by atoms with Gasteiger partial charge in [0, 0.05) is 40.4 Å². The first-order chi connectivity index (χ1) is 18.0. The van der Waals surface area contributed by atoms with E-state index in [1.54, 1.807) is 47.2 Å². The molecule has 0 unspecified atom stereocenters. The Morgan fingerprint density at radius 1 is 0.946 bits per heavy atom. The topological polar surface area (TPSA) is 150 Å². The maximum absolute atomic E-state index is 12.5. The van der Waals surface area contributed by atoms with Gasteiger partial charge in [0.15, 0.2) is 0 Å². The average molecular weight is 496 g/mol. The Hall–Kier alpha value is -5.39.